The zero-order valence-corrected chi connectivity index (χ0v) is 27.3. The van der Waals surface area contributed by atoms with Crippen molar-refractivity contribution in [3.8, 4) is 0 Å². The summed E-state index contributed by atoms with van der Waals surface area (Å²) in [5.41, 5.74) is -4.66. The van der Waals surface area contributed by atoms with Crippen molar-refractivity contribution in [1.82, 2.24) is 0 Å². The van der Waals surface area contributed by atoms with E-state index in [-0.39, 0.29) is 37.3 Å². The molecule has 1 spiro atoms. The number of esters is 3. The largest absolute Gasteiger partial charge is 0.472 e. The molecule has 0 unspecified atom stereocenters. The number of epoxide rings is 1. The van der Waals surface area contributed by atoms with Crippen molar-refractivity contribution in [3.05, 3.63) is 24.2 Å². The standard InChI is InChI=1S/C34H44O12/c1-15(2)28(40)45-29-31(6)21-11-22(38)32(7)25(33(21,14-42-29)26(39)24(43-16(3)35)27(31)44-17(4)36)20(37)12-30(5)19(18-8-9-41-13-18)10-23-34(30,32)46-23/h8-9,13,15,19,21-27,29,38-39H,10-12,14H2,1-7H3/t19-,21-,22+,23+,24+,25-,26-,27+,29-,30-,31+,32+,33-,34+/m0/s1. The van der Waals surface area contributed by atoms with E-state index in [0.29, 0.717) is 6.42 Å². The number of rotatable bonds is 5. The molecule has 12 heteroatoms. The van der Waals surface area contributed by atoms with E-state index in [4.69, 9.17) is 28.1 Å². The Morgan fingerprint density at radius 3 is 2.33 bits per heavy atom. The minimum absolute atomic E-state index is 0.0553. The summed E-state index contributed by atoms with van der Waals surface area (Å²) in [5, 5.41) is 24.9. The summed E-state index contributed by atoms with van der Waals surface area (Å²) in [5.74, 6) is -4.50. The van der Waals surface area contributed by atoms with Crippen molar-refractivity contribution in [2.75, 3.05) is 6.61 Å². The van der Waals surface area contributed by atoms with Gasteiger partial charge in [-0.3, -0.25) is 19.2 Å². The molecule has 0 aromatic carbocycles. The Morgan fingerprint density at radius 2 is 1.72 bits per heavy atom. The highest BCUT2D eigenvalue weighted by atomic mass is 16.7. The van der Waals surface area contributed by atoms with Crippen LogP contribution in [0, 0.1) is 39.4 Å². The Bertz CT molecular complexity index is 1470. The van der Waals surface area contributed by atoms with Crippen molar-refractivity contribution >= 4 is 23.7 Å². The third kappa shape index (κ3) is 3.59. The topological polar surface area (TPSA) is 171 Å². The van der Waals surface area contributed by atoms with Gasteiger partial charge >= 0.3 is 17.9 Å². The fraction of sp³-hybridized carbons (Fsp3) is 0.765. The van der Waals surface area contributed by atoms with Gasteiger partial charge in [0, 0.05) is 42.4 Å². The molecular weight excluding hydrogens is 600 g/mol. The average molecular weight is 645 g/mol. The summed E-state index contributed by atoms with van der Waals surface area (Å²) in [4.78, 5) is 53.0. The van der Waals surface area contributed by atoms with Gasteiger partial charge in [0.2, 0.25) is 6.29 Å². The maximum atomic E-state index is 14.9. The Morgan fingerprint density at radius 1 is 1.02 bits per heavy atom. The molecule has 0 amide bonds. The number of Topliss-reactive ketones (excluding diaryl/α,β-unsaturated/α-hetero) is 1. The smallest absolute Gasteiger partial charge is 0.310 e. The summed E-state index contributed by atoms with van der Waals surface area (Å²) in [6.07, 6.45) is -2.79. The third-order valence-corrected chi connectivity index (χ3v) is 13.1. The summed E-state index contributed by atoms with van der Waals surface area (Å²) in [7, 11) is 0. The molecule has 46 heavy (non-hydrogen) atoms. The van der Waals surface area contributed by atoms with Gasteiger partial charge < -0.3 is 38.3 Å². The quantitative estimate of drug-likeness (QED) is 0.273. The zero-order chi connectivity index (χ0) is 33.4. The van der Waals surface area contributed by atoms with Crippen LogP contribution in [0.2, 0.25) is 0 Å². The van der Waals surface area contributed by atoms with E-state index in [0.717, 1.165) is 5.56 Å². The zero-order valence-electron chi connectivity index (χ0n) is 27.3. The number of carbonyl (C=O) groups excluding carboxylic acids is 4. The van der Waals surface area contributed by atoms with Gasteiger partial charge in [-0.25, -0.2) is 0 Å². The van der Waals surface area contributed by atoms with E-state index < -0.39 is 93.6 Å². The predicted molar refractivity (Wildman–Crippen MR) is 155 cm³/mol. The number of ketones is 1. The molecule has 2 N–H and O–H groups in total. The number of hydrogen-bond donors (Lipinski definition) is 2. The third-order valence-electron chi connectivity index (χ3n) is 13.1. The van der Waals surface area contributed by atoms with Crippen LogP contribution in [0.5, 0.6) is 0 Å². The van der Waals surface area contributed by atoms with Gasteiger partial charge in [0.1, 0.15) is 17.5 Å². The molecular formula is C34H44O12. The maximum absolute atomic E-state index is 14.9. The summed E-state index contributed by atoms with van der Waals surface area (Å²) >= 11 is 0. The Hall–Kier alpha value is -2.80. The van der Waals surface area contributed by atoms with Gasteiger partial charge in [-0.15, -0.1) is 0 Å². The second kappa shape index (κ2) is 9.87. The molecule has 4 aliphatic carbocycles. The highest BCUT2D eigenvalue weighted by Crippen LogP contribution is 2.82. The Kier molecular flexibility index (Phi) is 6.82. The predicted octanol–water partition coefficient (Wildman–Crippen LogP) is 2.67. The lowest BCUT2D eigenvalue weighted by Gasteiger charge is -2.73. The van der Waals surface area contributed by atoms with E-state index in [1.165, 1.54) is 13.8 Å². The molecule has 3 heterocycles. The van der Waals surface area contributed by atoms with E-state index >= 15 is 0 Å². The lowest BCUT2D eigenvalue weighted by atomic mass is 9.33. The number of furan rings is 1. The molecule has 1 aromatic heterocycles. The van der Waals surface area contributed by atoms with Gasteiger partial charge in [-0.2, -0.15) is 0 Å². The molecule has 2 bridgehead atoms. The molecule has 6 fully saturated rings. The number of carbonyl (C=O) groups is 4. The summed E-state index contributed by atoms with van der Waals surface area (Å²) in [6.45, 7) is 11.1. The van der Waals surface area contributed by atoms with Crippen molar-refractivity contribution in [3.63, 3.8) is 0 Å². The lowest BCUT2D eigenvalue weighted by Crippen LogP contribution is -2.83. The van der Waals surface area contributed by atoms with Crippen LogP contribution in [-0.4, -0.2) is 82.9 Å². The number of ether oxygens (including phenoxy) is 5. The first kappa shape index (κ1) is 31.8. The van der Waals surface area contributed by atoms with E-state index in [1.54, 1.807) is 33.3 Å². The van der Waals surface area contributed by atoms with Crippen molar-refractivity contribution in [2.24, 2.45) is 39.4 Å². The summed E-state index contributed by atoms with van der Waals surface area (Å²) in [6, 6.07) is 1.90. The highest BCUT2D eigenvalue weighted by Gasteiger charge is 2.90. The molecule has 2 saturated heterocycles. The average Bonchev–Trinajstić information content (AvgIpc) is 3.34. The SMILES string of the molecule is CC(=O)O[C@H]1[C@@H](OC(C)=O)[C@]2(C)[C@H](OC(=O)C(C)C)OC[C@]3([C@H]4C(=O)C[C@@]5(C)[C@H](c6ccoc6)C[C@H]6O[C@]65[C@]4(C)[C@H](O)C[C@@H]23)[C@H]1O. The molecule has 6 aliphatic rings. The molecule has 252 valence electrons. The highest BCUT2D eigenvalue weighted by molar-refractivity contribution is 5.87. The number of hydrogen-bond acceptors (Lipinski definition) is 12. The van der Waals surface area contributed by atoms with Crippen LogP contribution in [0.3, 0.4) is 0 Å². The maximum Gasteiger partial charge on any atom is 0.310 e. The normalized spacial score (nSPS) is 50.0. The van der Waals surface area contributed by atoms with Crippen molar-refractivity contribution in [2.45, 2.75) is 116 Å². The fourth-order valence-electron chi connectivity index (χ4n) is 11.5. The van der Waals surface area contributed by atoms with Gasteiger partial charge in [0.15, 0.2) is 12.2 Å². The fourth-order valence-corrected chi connectivity index (χ4v) is 11.5. The summed E-state index contributed by atoms with van der Waals surface area (Å²) < 4.78 is 35.9. The molecule has 7 rings (SSSR count). The Balaban J connectivity index is 1.41. The second-order valence-corrected chi connectivity index (χ2v) is 15.5. The van der Waals surface area contributed by atoms with Crippen molar-refractivity contribution < 1.29 is 57.5 Å². The van der Waals surface area contributed by atoms with Gasteiger partial charge in [-0.05, 0) is 43.2 Å². The molecule has 4 saturated carbocycles. The number of aliphatic hydroxyl groups excluding tert-OH is 2. The number of fused-ring (bicyclic) bond motifs is 1. The number of aliphatic hydroxyl groups is 2. The second-order valence-electron chi connectivity index (χ2n) is 15.5. The Labute approximate surface area is 267 Å². The van der Waals surface area contributed by atoms with Crippen LogP contribution >= 0.6 is 0 Å². The van der Waals surface area contributed by atoms with Crippen molar-refractivity contribution in [1.29, 1.82) is 0 Å². The molecule has 2 aliphatic heterocycles. The first-order chi connectivity index (χ1) is 21.5. The van der Waals surface area contributed by atoms with Gasteiger partial charge in [0.25, 0.3) is 0 Å². The van der Waals surface area contributed by atoms with Gasteiger partial charge in [0.05, 0.1) is 42.7 Å². The van der Waals surface area contributed by atoms with Crippen LogP contribution in [0.1, 0.15) is 79.2 Å². The van der Waals surface area contributed by atoms with E-state index in [2.05, 4.69) is 0 Å². The van der Waals surface area contributed by atoms with Crippen LogP contribution < -0.4 is 0 Å². The monoisotopic (exact) mass is 644 g/mol. The van der Waals surface area contributed by atoms with Crippen LogP contribution in [0.25, 0.3) is 0 Å². The lowest BCUT2D eigenvalue weighted by molar-refractivity contribution is -0.389. The first-order valence-electron chi connectivity index (χ1n) is 16.3. The molecule has 12 nitrogen and oxygen atoms in total. The minimum atomic E-state index is -1.54. The first-order valence-corrected chi connectivity index (χ1v) is 16.3. The minimum Gasteiger partial charge on any atom is -0.472 e. The van der Waals surface area contributed by atoms with E-state index in [1.807, 2.05) is 19.9 Å². The molecule has 14 atom stereocenters. The van der Waals surface area contributed by atoms with Crippen LogP contribution in [0.15, 0.2) is 23.0 Å². The van der Waals surface area contributed by atoms with E-state index in [9.17, 15) is 29.4 Å². The molecule has 1 aromatic rings. The molecule has 0 radical (unpaired) electrons. The van der Waals surface area contributed by atoms with Crippen LogP contribution in [-0.2, 0) is 42.9 Å². The van der Waals surface area contributed by atoms with Gasteiger partial charge in [-0.1, -0.05) is 27.7 Å². The van der Waals surface area contributed by atoms with Crippen LogP contribution in [0.4, 0.5) is 0 Å².